The van der Waals surface area contributed by atoms with Crippen LogP contribution in [0.2, 0.25) is 0 Å². The Morgan fingerprint density at radius 2 is 1.96 bits per heavy atom. The number of hydrogen-bond acceptors (Lipinski definition) is 6. The predicted molar refractivity (Wildman–Crippen MR) is 93.4 cm³/mol. The lowest BCUT2D eigenvalue weighted by Crippen LogP contribution is -2.03. The quantitative estimate of drug-likeness (QED) is 0.744. The van der Waals surface area contributed by atoms with Gasteiger partial charge in [-0.15, -0.1) is 5.10 Å². The first-order valence-electron chi connectivity index (χ1n) is 7.60. The summed E-state index contributed by atoms with van der Waals surface area (Å²) >= 11 is 0. The Morgan fingerprint density at radius 3 is 2.79 bits per heavy atom. The Labute approximate surface area is 140 Å². The van der Waals surface area contributed by atoms with Crippen molar-refractivity contribution in [3.8, 4) is 6.07 Å². The molecule has 3 aromatic rings. The molecule has 24 heavy (non-hydrogen) atoms. The number of aryl methyl sites for hydroxylation is 1. The first-order chi connectivity index (χ1) is 11.8. The Kier molecular flexibility index (Phi) is 4.63. The number of nitrogens with zero attached hydrogens (tertiary/aromatic N) is 4. The highest BCUT2D eigenvalue weighted by Crippen LogP contribution is 2.20. The fraction of sp³-hybridized carbons (Fsp3) is 0.111. The second kappa shape index (κ2) is 7.20. The molecular formula is C18H16N6. The first-order valence-corrected chi connectivity index (χ1v) is 7.60. The van der Waals surface area contributed by atoms with Gasteiger partial charge in [0.15, 0.2) is 5.82 Å². The van der Waals surface area contributed by atoms with Gasteiger partial charge in [0.25, 0.3) is 0 Å². The van der Waals surface area contributed by atoms with E-state index >= 15 is 0 Å². The average molecular weight is 316 g/mol. The van der Waals surface area contributed by atoms with E-state index in [-0.39, 0.29) is 0 Å². The molecule has 0 unspecified atom stereocenters. The summed E-state index contributed by atoms with van der Waals surface area (Å²) in [5, 5.41) is 23.3. The Bertz CT molecular complexity index is 884. The maximum atomic E-state index is 8.96. The molecule has 0 spiro atoms. The van der Waals surface area contributed by atoms with Gasteiger partial charge in [-0.2, -0.15) is 15.3 Å². The molecule has 1 aromatic heterocycles. The lowest BCUT2D eigenvalue weighted by molar-refractivity contribution is 0.980. The molecule has 2 N–H and O–H groups in total. The third kappa shape index (κ3) is 3.65. The van der Waals surface area contributed by atoms with Crippen molar-refractivity contribution in [1.82, 2.24) is 15.2 Å². The number of nitriles is 1. The van der Waals surface area contributed by atoms with Gasteiger partial charge in [0.1, 0.15) is 0 Å². The number of benzene rings is 2. The maximum Gasteiger partial charge on any atom is 0.249 e. The summed E-state index contributed by atoms with van der Waals surface area (Å²) in [6, 6.07) is 17.3. The molecule has 0 aliphatic rings. The van der Waals surface area contributed by atoms with Crippen LogP contribution in [0.5, 0.6) is 0 Å². The summed E-state index contributed by atoms with van der Waals surface area (Å²) in [6.45, 7) is 2.10. The molecule has 6 heteroatoms. The summed E-state index contributed by atoms with van der Waals surface area (Å²) in [5.41, 5.74) is 3.50. The van der Waals surface area contributed by atoms with E-state index in [2.05, 4.69) is 44.9 Å². The monoisotopic (exact) mass is 316 g/mol. The zero-order valence-electron chi connectivity index (χ0n) is 13.2. The smallest absolute Gasteiger partial charge is 0.249 e. The van der Waals surface area contributed by atoms with Crippen LogP contribution in [0.4, 0.5) is 23.1 Å². The van der Waals surface area contributed by atoms with Crippen LogP contribution in [0.3, 0.4) is 0 Å². The molecule has 0 saturated heterocycles. The second-order valence-electron chi connectivity index (χ2n) is 5.12. The number of rotatable bonds is 5. The van der Waals surface area contributed by atoms with E-state index in [4.69, 9.17) is 5.26 Å². The van der Waals surface area contributed by atoms with Gasteiger partial charge >= 0.3 is 0 Å². The molecule has 118 valence electrons. The highest BCUT2D eigenvalue weighted by Gasteiger charge is 2.05. The number of nitrogens with one attached hydrogen (secondary N) is 2. The Hall–Kier alpha value is -3.46. The molecule has 3 rings (SSSR count). The van der Waals surface area contributed by atoms with E-state index in [0.29, 0.717) is 17.3 Å². The van der Waals surface area contributed by atoms with Gasteiger partial charge in [-0.1, -0.05) is 31.2 Å². The van der Waals surface area contributed by atoms with Crippen LogP contribution < -0.4 is 10.6 Å². The van der Waals surface area contributed by atoms with Gasteiger partial charge in [-0.3, -0.25) is 0 Å². The summed E-state index contributed by atoms with van der Waals surface area (Å²) in [6.07, 6.45) is 2.45. The average Bonchev–Trinajstić information content (AvgIpc) is 2.62. The molecule has 2 aromatic carbocycles. The van der Waals surface area contributed by atoms with Crippen molar-refractivity contribution in [2.24, 2.45) is 0 Å². The molecule has 1 heterocycles. The number of aromatic nitrogens is 3. The molecule has 6 nitrogen and oxygen atoms in total. The second-order valence-corrected chi connectivity index (χ2v) is 5.12. The van der Waals surface area contributed by atoms with Gasteiger partial charge in [0.2, 0.25) is 5.95 Å². The fourth-order valence-corrected chi connectivity index (χ4v) is 2.30. The number of para-hydroxylation sites is 1. The van der Waals surface area contributed by atoms with Crippen molar-refractivity contribution in [1.29, 1.82) is 5.26 Å². The zero-order valence-corrected chi connectivity index (χ0v) is 13.2. The molecule has 0 amide bonds. The highest BCUT2D eigenvalue weighted by atomic mass is 15.3. The van der Waals surface area contributed by atoms with E-state index in [0.717, 1.165) is 17.8 Å². The van der Waals surface area contributed by atoms with Crippen molar-refractivity contribution >= 4 is 23.1 Å². The molecular weight excluding hydrogens is 300 g/mol. The predicted octanol–water partition coefficient (Wildman–Crippen LogP) is 3.79. The summed E-state index contributed by atoms with van der Waals surface area (Å²) in [4.78, 5) is 4.42. The van der Waals surface area contributed by atoms with E-state index in [1.54, 1.807) is 12.1 Å². The van der Waals surface area contributed by atoms with Crippen molar-refractivity contribution in [2.75, 3.05) is 10.6 Å². The molecule has 0 radical (unpaired) electrons. The number of hydrogen-bond donors (Lipinski definition) is 2. The first kappa shape index (κ1) is 15.4. The van der Waals surface area contributed by atoms with Crippen LogP contribution in [0.25, 0.3) is 0 Å². The Balaban J connectivity index is 1.80. The van der Waals surface area contributed by atoms with Gasteiger partial charge in [-0.05, 0) is 36.2 Å². The third-order valence-electron chi connectivity index (χ3n) is 3.47. The molecule has 0 aliphatic heterocycles. The van der Waals surface area contributed by atoms with Crippen LogP contribution in [-0.2, 0) is 6.42 Å². The minimum atomic E-state index is 0.414. The standard InChI is InChI=1S/C18H16N6/c1-2-14-7-3-4-9-16(14)22-18-23-17(12-20-24-18)21-15-8-5-6-13(10-15)11-19/h3-10,12H,2H2,1H3,(H2,21,22,23,24). The van der Waals surface area contributed by atoms with Crippen molar-refractivity contribution < 1.29 is 0 Å². The normalized spacial score (nSPS) is 10.0. The van der Waals surface area contributed by atoms with Crippen LogP contribution in [0, 0.1) is 11.3 Å². The van der Waals surface area contributed by atoms with Crippen LogP contribution >= 0.6 is 0 Å². The van der Waals surface area contributed by atoms with Gasteiger partial charge in [0.05, 0.1) is 17.8 Å². The lowest BCUT2D eigenvalue weighted by Gasteiger charge is -2.10. The molecule has 0 aliphatic carbocycles. The van der Waals surface area contributed by atoms with Gasteiger partial charge in [-0.25, -0.2) is 0 Å². The minimum Gasteiger partial charge on any atom is -0.339 e. The van der Waals surface area contributed by atoms with E-state index < -0.39 is 0 Å². The fourth-order valence-electron chi connectivity index (χ4n) is 2.30. The summed E-state index contributed by atoms with van der Waals surface area (Å²) in [7, 11) is 0. The third-order valence-corrected chi connectivity index (χ3v) is 3.47. The van der Waals surface area contributed by atoms with Crippen molar-refractivity contribution in [3.05, 3.63) is 65.9 Å². The van der Waals surface area contributed by atoms with Crippen LogP contribution in [0.15, 0.2) is 54.7 Å². The van der Waals surface area contributed by atoms with E-state index in [9.17, 15) is 0 Å². The summed E-state index contributed by atoms with van der Waals surface area (Å²) in [5.74, 6) is 0.967. The molecule has 0 atom stereocenters. The maximum absolute atomic E-state index is 8.96. The van der Waals surface area contributed by atoms with Crippen LogP contribution in [-0.4, -0.2) is 15.2 Å². The topological polar surface area (TPSA) is 86.5 Å². The number of anilines is 4. The SMILES string of the molecule is CCc1ccccc1Nc1nncc(Nc2cccc(C#N)c2)n1. The molecule has 0 fully saturated rings. The van der Waals surface area contributed by atoms with Gasteiger partial charge in [0, 0.05) is 11.4 Å². The molecule has 0 bridgehead atoms. The van der Waals surface area contributed by atoms with E-state index in [1.165, 1.54) is 11.8 Å². The largest absolute Gasteiger partial charge is 0.339 e. The zero-order chi connectivity index (χ0) is 16.8. The van der Waals surface area contributed by atoms with Gasteiger partial charge < -0.3 is 10.6 Å². The van der Waals surface area contributed by atoms with Crippen LogP contribution in [0.1, 0.15) is 18.1 Å². The molecule has 0 saturated carbocycles. The minimum absolute atomic E-state index is 0.414. The highest BCUT2D eigenvalue weighted by molar-refractivity contribution is 5.61. The van der Waals surface area contributed by atoms with Crippen molar-refractivity contribution in [3.63, 3.8) is 0 Å². The summed E-state index contributed by atoms with van der Waals surface area (Å²) < 4.78 is 0. The van der Waals surface area contributed by atoms with E-state index in [1.807, 2.05) is 30.3 Å². The Morgan fingerprint density at radius 1 is 1.08 bits per heavy atom. The lowest BCUT2D eigenvalue weighted by atomic mass is 10.1. The van der Waals surface area contributed by atoms with Crippen molar-refractivity contribution in [2.45, 2.75) is 13.3 Å².